The van der Waals surface area contributed by atoms with Crippen LogP contribution < -0.4 is 0 Å². The van der Waals surface area contributed by atoms with Crippen molar-refractivity contribution in [2.75, 3.05) is 6.61 Å². The molecule has 5 heteroatoms. The van der Waals surface area contributed by atoms with Crippen molar-refractivity contribution < 1.29 is 14.7 Å². The number of rotatable bonds is 5. The lowest BCUT2D eigenvalue weighted by Gasteiger charge is -2.43. The fourth-order valence-electron chi connectivity index (χ4n) is 4.62. The van der Waals surface area contributed by atoms with E-state index in [2.05, 4.69) is 79.7 Å². The number of thioether (sulfide) groups is 2. The van der Waals surface area contributed by atoms with E-state index in [1.54, 1.807) is 23.5 Å². The van der Waals surface area contributed by atoms with Gasteiger partial charge in [-0.25, -0.2) is 0 Å². The number of ketones is 2. The first-order valence-electron chi connectivity index (χ1n) is 11.3. The molecule has 0 aromatic rings. The monoisotopic (exact) mass is 460 g/mol. The zero-order chi connectivity index (χ0) is 23.3. The number of hydrogen-bond acceptors (Lipinski definition) is 5. The summed E-state index contributed by atoms with van der Waals surface area (Å²) in [5, 5.41) is 10.1. The standard InChI is InChI=1S/C26H36O3S2/c1-14(2)18-9-25(10-19(15(3)4)23(18)28)26(31-22(13-27)30-25)11-20(16(5)6)24(29)21(12-26)17(7)8/h9-12,14-17,22,27H,13H2,1-8H3. The van der Waals surface area contributed by atoms with Crippen LogP contribution in [0.1, 0.15) is 55.4 Å². The molecule has 0 radical (unpaired) electrons. The van der Waals surface area contributed by atoms with Gasteiger partial charge in [-0.2, -0.15) is 0 Å². The largest absolute Gasteiger partial charge is 0.394 e. The number of hydrogen-bond donors (Lipinski definition) is 1. The normalized spacial score (nSPS) is 23.4. The average Bonchev–Trinajstić information content (AvgIpc) is 2.96. The Bertz CT molecular complexity index is 772. The zero-order valence-electron chi connectivity index (χ0n) is 20.0. The topological polar surface area (TPSA) is 54.4 Å². The summed E-state index contributed by atoms with van der Waals surface area (Å²) in [7, 11) is 0. The van der Waals surface area contributed by atoms with Crippen molar-refractivity contribution in [1.29, 1.82) is 0 Å². The molecule has 31 heavy (non-hydrogen) atoms. The lowest BCUT2D eigenvalue weighted by molar-refractivity contribution is -0.114. The second-order valence-electron chi connectivity index (χ2n) is 10.1. The summed E-state index contributed by atoms with van der Waals surface area (Å²) in [6.07, 6.45) is 8.60. The Morgan fingerprint density at radius 1 is 0.677 bits per heavy atom. The van der Waals surface area contributed by atoms with Gasteiger partial charge in [-0.3, -0.25) is 9.59 Å². The quantitative estimate of drug-likeness (QED) is 0.565. The van der Waals surface area contributed by atoms with Crippen molar-refractivity contribution in [1.82, 2.24) is 0 Å². The van der Waals surface area contributed by atoms with Gasteiger partial charge in [0, 0.05) is 22.3 Å². The van der Waals surface area contributed by atoms with E-state index in [-0.39, 0.29) is 46.4 Å². The molecule has 2 aliphatic carbocycles. The van der Waals surface area contributed by atoms with Crippen LogP contribution in [-0.2, 0) is 9.59 Å². The van der Waals surface area contributed by atoms with Crippen LogP contribution >= 0.6 is 23.5 Å². The van der Waals surface area contributed by atoms with Gasteiger partial charge in [0.15, 0.2) is 11.6 Å². The van der Waals surface area contributed by atoms with Crippen molar-refractivity contribution in [3.63, 3.8) is 0 Å². The first-order valence-corrected chi connectivity index (χ1v) is 13.1. The Morgan fingerprint density at radius 3 is 1.13 bits per heavy atom. The van der Waals surface area contributed by atoms with Crippen LogP contribution in [0.15, 0.2) is 46.6 Å². The predicted octanol–water partition coefficient (Wildman–Crippen LogP) is 5.76. The summed E-state index contributed by atoms with van der Waals surface area (Å²) < 4.78 is -1.07. The molecule has 0 aromatic carbocycles. The summed E-state index contributed by atoms with van der Waals surface area (Å²) >= 11 is 3.44. The first-order chi connectivity index (χ1) is 14.4. The SMILES string of the molecule is CC(C)C1=CC2(C=C(C(C)C)C1=O)SC(CO)SC21C=C(C(C)C)C(=O)C(C(C)C)=C1. The summed E-state index contributed by atoms with van der Waals surface area (Å²) in [5.74, 6) is 0.698. The Morgan fingerprint density at radius 2 is 0.935 bits per heavy atom. The highest BCUT2D eigenvalue weighted by Crippen LogP contribution is 2.64. The second-order valence-corrected chi connectivity index (χ2v) is 13.4. The van der Waals surface area contributed by atoms with Gasteiger partial charge in [0.1, 0.15) is 0 Å². The minimum absolute atomic E-state index is 0.0370. The van der Waals surface area contributed by atoms with Crippen LogP contribution in [0.3, 0.4) is 0 Å². The molecule has 1 heterocycles. The lowest BCUT2D eigenvalue weighted by atomic mass is 9.71. The first kappa shape index (κ1) is 24.6. The van der Waals surface area contributed by atoms with Crippen LogP contribution in [-0.4, -0.2) is 37.4 Å². The lowest BCUT2D eigenvalue weighted by Crippen LogP contribution is -2.46. The van der Waals surface area contributed by atoms with Crippen LogP contribution in [0.4, 0.5) is 0 Å². The molecule has 0 atom stereocenters. The van der Waals surface area contributed by atoms with Crippen LogP contribution in [0.25, 0.3) is 0 Å². The number of fused-ring (bicyclic) bond motifs is 1. The van der Waals surface area contributed by atoms with E-state index in [1.165, 1.54) is 0 Å². The van der Waals surface area contributed by atoms with Crippen LogP contribution in [0.5, 0.6) is 0 Å². The van der Waals surface area contributed by atoms with Crippen molar-refractivity contribution in [2.24, 2.45) is 23.7 Å². The molecule has 0 saturated carbocycles. The molecule has 3 nitrogen and oxygen atoms in total. The molecule has 1 fully saturated rings. The van der Waals surface area contributed by atoms with Gasteiger partial charge >= 0.3 is 0 Å². The van der Waals surface area contributed by atoms with Gasteiger partial charge in [0.2, 0.25) is 0 Å². The molecule has 1 N–H and O–H groups in total. The molecule has 3 aliphatic rings. The van der Waals surface area contributed by atoms with Crippen molar-refractivity contribution in [2.45, 2.75) is 69.5 Å². The molecule has 0 unspecified atom stereocenters. The zero-order valence-corrected chi connectivity index (χ0v) is 21.6. The van der Waals surface area contributed by atoms with Crippen molar-refractivity contribution in [3.8, 4) is 0 Å². The number of aliphatic hydroxyl groups excluding tert-OH is 1. The molecule has 1 saturated heterocycles. The molecule has 0 aromatic heterocycles. The van der Waals surface area contributed by atoms with Gasteiger partial charge in [0.25, 0.3) is 0 Å². The number of Topliss-reactive ketones (excluding diaryl/α,β-unsaturated/α-hetero) is 2. The third-order valence-electron chi connectivity index (χ3n) is 6.43. The fraction of sp³-hybridized carbons (Fsp3) is 0.615. The Labute approximate surface area is 195 Å². The number of carbonyl (C=O) groups excluding carboxylic acids is 2. The van der Waals surface area contributed by atoms with Gasteiger partial charge in [-0.05, 0) is 23.7 Å². The van der Waals surface area contributed by atoms with Crippen LogP contribution in [0, 0.1) is 23.7 Å². The molecule has 2 spiro atoms. The summed E-state index contributed by atoms with van der Waals surface area (Å²) in [5.41, 5.74) is 3.36. The maximum absolute atomic E-state index is 13.3. The second kappa shape index (κ2) is 8.72. The van der Waals surface area contributed by atoms with Crippen molar-refractivity contribution >= 4 is 35.1 Å². The minimum atomic E-state index is -0.515. The average molecular weight is 461 g/mol. The highest BCUT2D eigenvalue weighted by molar-refractivity contribution is 8.22. The predicted molar refractivity (Wildman–Crippen MR) is 133 cm³/mol. The Balaban J connectivity index is 2.36. The number of carbonyl (C=O) groups is 2. The molecule has 0 bridgehead atoms. The molecule has 0 amide bonds. The molecule has 1 aliphatic heterocycles. The highest BCUT2D eigenvalue weighted by Gasteiger charge is 2.59. The van der Waals surface area contributed by atoms with E-state index in [9.17, 15) is 14.7 Å². The Kier molecular flexibility index (Phi) is 6.92. The highest BCUT2D eigenvalue weighted by atomic mass is 32.2. The van der Waals surface area contributed by atoms with E-state index in [4.69, 9.17) is 0 Å². The smallest absolute Gasteiger partial charge is 0.184 e. The maximum atomic E-state index is 13.3. The molecular formula is C26H36O3S2. The maximum Gasteiger partial charge on any atom is 0.184 e. The van der Waals surface area contributed by atoms with Gasteiger partial charge in [-0.15, -0.1) is 23.5 Å². The van der Waals surface area contributed by atoms with E-state index < -0.39 is 9.49 Å². The number of aliphatic hydroxyl groups is 1. The van der Waals surface area contributed by atoms with E-state index in [0.29, 0.717) is 0 Å². The molecular weight excluding hydrogens is 424 g/mol. The van der Waals surface area contributed by atoms with E-state index in [0.717, 1.165) is 22.3 Å². The van der Waals surface area contributed by atoms with Crippen LogP contribution in [0.2, 0.25) is 0 Å². The summed E-state index contributed by atoms with van der Waals surface area (Å²) in [6, 6.07) is 0. The molecule has 170 valence electrons. The molecule has 3 rings (SSSR count). The van der Waals surface area contributed by atoms with Crippen molar-refractivity contribution in [3.05, 3.63) is 46.6 Å². The Hall–Kier alpha value is -1.04. The third-order valence-corrected chi connectivity index (χ3v) is 9.89. The summed E-state index contributed by atoms with van der Waals surface area (Å²) in [4.78, 5) is 26.6. The fourth-order valence-corrected chi connectivity index (χ4v) is 8.46. The van der Waals surface area contributed by atoms with E-state index in [1.807, 2.05) is 0 Å². The van der Waals surface area contributed by atoms with Gasteiger partial charge in [0.05, 0.1) is 20.7 Å². The third kappa shape index (κ3) is 4.06. The van der Waals surface area contributed by atoms with E-state index >= 15 is 0 Å². The number of allylic oxidation sites excluding steroid dienone is 4. The summed E-state index contributed by atoms with van der Waals surface area (Å²) in [6.45, 7) is 16.6. The minimum Gasteiger partial charge on any atom is -0.394 e. The van der Waals surface area contributed by atoms with Gasteiger partial charge in [-0.1, -0.05) is 79.7 Å². The van der Waals surface area contributed by atoms with Gasteiger partial charge < -0.3 is 5.11 Å².